The van der Waals surface area contributed by atoms with Crippen molar-refractivity contribution in [1.82, 2.24) is 0 Å². The molecule has 2 rings (SSSR count). The van der Waals surface area contributed by atoms with E-state index in [1.165, 1.54) is 12.7 Å². The normalized spacial score (nSPS) is 36.4. The van der Waals surface area contributed by atoms with E-state index in [9.17, 15) is 13.2 Å². The van der Waals surface area contributed by atoms with E-state index in [4.69, 9.17) is 5.73 Å². The molecule has 0 spiro atoms. The molecule has 2 saturated carbocycles. The molecule has 4 unspecified atom stereocenters. The molecule has 4 atom stereocenters. The Morgan fingerprint density at radius 3 is 2.47 bits per heavy atom. The Kier molecular flexibility index (Phi) is 3.59. The van der Waals surface area contributed by atoms with Gasteiger partial charge in [-0.25, -0.2) is 8.42 Å². The Morgan fingerprint density at radius 2 is 1.94 bits per heavy atom. The SMILES string of the molecule is CS(=O)(=O)CCCC(=O)C1C2CCC(C2)C1N. The Bertz CT molecular complexity index is 402. The molecule has 2 N–H and O–H groups in total. The van der Waals surface area contributed by atoms with Crippen LogP contribution in [0.25, 0.3) is 0 Å². The number of ketones is 1. The first-order valence-corrected chi connectivity index (χ1v) is 8.40. The first-order chi connectivity index (χ1) is 7.88. The number of sulfone groups is 1. The molecule has 17 heavy (non-hydrogen) atoms. The van der Waals surface area contributed by atoms with Crippen molar-refractivity contribution in [2.75, 3.05) is 12.0 Å². The van der Waals surface area contributed by atoms with Crippen molar-refractivity contribution in [3.63, 3.8) is 0 Å². The first kappa shape index (κ1) is 13.0. The second kappa shape index (κ2) is 4.69. The lowest BCUT2D eigenvalue weighted by Crippen LogP contribution is -2.40. The van der Waals surface area contributed by atoms with Crippen molar-refractivity contribution < 1.29 is 13.2 Å². The van der Waals surface area contributed by atoms with Crippen molar-refractivity contribution in [2.45, 2.75) is 38.1 Å². The highest BCUT2D eigenvalue weighted by molar-refractivity contribution is 7.90. The molecule has 2 fully saturated rings. The van der Waals surface area contributed by atoms with Gasteiger partial charge in [0, 0.05) is 24.6 Å². The fraction of sp³-hybridized carbons (Fsp3) is 0.917. The summed E-state index contributed by atoms with van der Waals surface area (Å²) in [7, 11) is -2.95. The van der Waals surface area contributed by atoms with Crippen LogP contribution in [-0.4, -0.2) is 32.3 Å². The minimum absolute atomic E-state index is 0.00769. The van der Waals surface area contributed by atoms with Gasteiger partial charge in [0.25, 0.3) is 0 Å². The number of nitrogens with two attached hydrogens (primary N) is 1. The third kappa shape index (κ3) is 2.88. The maximum atomic E-state index is 12.1. The lowest BCUT2D eigenvalue weighted by molar-refractivity contribution is -0.124. The number of fused-ring (bicyclic) bond motifs is 2. The summed E-state index contributed by atoms with van der Waals surface area (Å²) in [6.45, 7) is 0. The number of carbonyl (C=O) groups is 1. The molecule has 4 nitrogen and oxygen atoms in total. The van der Waals surface area contributed by atoms with Gasteiger partial charge in [0.05, 0.1) is 5.75 Å². The zero-order chi connectivity index (χ0) is 12.6. The molecule has 5 heteroatoms. The van der Waals surface area contributed by atoms with E-state index in [2.05, 4.69) is 0 Å². The van der Waals surface area contributed by atoms with Gasteiger partial charge >= 0.3 is 0 Å². The largest absolute Gasteiger partial charge is 0.327 e. The average molecular weight is 259 g/mol. The van der Waals surface area contributed by atoms with Gasteiger partial charge in [0.1, 0.15) is 15.6 Å². The van der Waals surface area contributed by atoms with Crippen LogP contribution in [0.2, 0.25) is 0 Å². The summed E-state index contributed by atoms with van der Waals surface area (Å²) in [6, 6.07) is 0.0273. The van der Waals surface area contributed by atoms with Crippen LogP contribution in [0.1, 0.15) is 32.1 Å². The van der Waals surface area contributed by atoms with Crippen LogP contribution < -0.4 is 5.73 Å². The number of hydrogen-bond donors (Lipinski definition) is 1. The van der Waals surface area contributed by atoms with Crippen LogP contribution in [0, 0.1) is 17.8 Å². The van der Waals surface area contributed by atoms with Crippen molar-refractivity contribution in [3.8, 4) is 0 Å². The highest BCUT2D eigenvalue weighted by Crippen LogP contribution is 2.48. The highest BCUT2D eigenvalue weighted by atomic mass is 32.2. The van der Waals surface area contributed by atoms with Crippen LogP contribution in [0.15, 0.2) is 0 Å². The monoisotopic (exact) mass is 259 g/mol. The van der Waals surface area contributed by atoms with E-state index in [0.29, 0.717) is 24.7 Å². The second-order valence-corrected chi connectivity index (χ2v) is 7.90. The van der Waals surface area contributed by atoms with E-state index in [1.807, 2.05) is 0 Å². The van der Waals surface area contributed by atoms with Crippen LogP contribution in [0.3, 0.4) is 0 Å². The van der Waals surface area contributed by atoms with Gasteiger partial charge in [-0.15, -0.1) is 0 Å². The van der Waals surface area contributed by atoms with Gasteiger partial charge in [-0.1, -0.05) is 0 Å². The molecule has 2 aliphatic rings. The highest BCUT2D eigenvalue weighted by Gasteiger charge is 2.48. The van der Waals surface area contributed by atoms with Crippen molar-refractivity contribution >= 4 is 15.6 Å². The van der Waals surface area contributed by atoms with Crippen molar-refractivity contribution in [3.05, 3.63) is 0 Å². The van der Waals surface area contributed by atoms with Crippen LogP contribution in [-0.2, 0) is 14.6 Å². The predicted octanol–water partition coefficient (Wildman–Crippen LogP) is 0.754. The lowest BCUT2D eigenvalue weighted by Gasteiger charge is -2.26. The fourth-order valence-electron chi connectivity index (χ4n) is 3.49. The number of carbonyl (C=O) groups excluding carboxylic acids is 1. The number of Topliss-reactive ketones (excluding diaryl/α,β-unsaturated/α-hetero) is 1. The summed E-state index contributed by atoms with van der Waals surface area (Å²) in [5.41, 5.74) is 6.08. The minimum Gasteiger partial charge on any atom is -0.327 e. The maximum Gasteiger partial charge on any atom is 0.147 e. The van der Waals surface area contributed by atoms with Gasteiger partial charge in [-0.05, 0) is 37.5 Å². The van der Waals surface area contributed by atoms with E-state index in [-0.39, 0.29) is 23.5 Å². The van der Waals surface area contributed by atoms with E-state index >= 15 is 0 Å². The molecule has 0 aromatic carbocycles. The van der Waals surface area contributed by atoms with Gasteiger partial charge in [-0.2, -0.15) is 0 Å². The molecule has 98 valence electrons. The molecule has 2 aliphatic carbocycles. The molecular weight excluding hydrogens is 238 g/mol. The summed E-state index contributed by atoms with van der Waals surface area (Å²) >= 11 is 0. The molecule has 0 saturated heterocycles. The number of hydrogen-bond acceptors (Lipinski definition) is 4. The molecule has 0 aromatic rings. The fourth-order valence-corrected chi connectivity index (χ4v) is 4.16. The van der Waals surface area contributed by atoms with E-state index in [0.717, 1.165) is 12.8 Å². The summed E-state index contributed by atoms with van der Waals surface area (Å²) in [6.07, 6.45) is 5.41. The van der Waals surface area contributed by atoms with Gasteiger partial charge in [-0.3, -0.25) is 4.79 Å². The Morgan fingerprint density at radius 1 is 1.29 bits per heavy atom. The van der Waals surface area contributed by atoms with Crippen LogP contribution >= 0.6 is 0 Å². The first-order valence-electron chi connectivity index (χ1n) is 6.34. The van der Waals surface area contributed by atoms with Crippen molar-refractivity contribution in [1.29, 1.82) is 0 Å². The minimum atomic E-state index is -2.95. The molecule has 0 heterocycles. The summed E-state index contributed by atoms with van der Waals surface area (Å²) in [4.78, 5) is 12.1. The smallest absolute Gasteiger partial charge is 0.147 e. The third-order valence-electron chi connectivity index (χ3n) is 4.29. The maximum absolute atomic E-state index is 12.1. The predicted molar refractivity (Wildman–Crippen MR) is 66.2 cm³/mol. The molecule has 0 amide bonds. The molecule has 0 radical (unpaired) electrons. The summed E-state index contributed by atoms with van der Waals surface area (Å²) in [5.74, 6) is 1.31. The zero-order valence-corrected chi connectivity index (χ0v) is 11.1. The Labute approximate surface area is 103 Å². The molecular formula is C12H21NO3S. The number of rotatable bonds is 5. The van der Waals surface area contributed by atoms with Gasteiger partial charge in [0.15, 0.2) is 0 Å². The standard InChI is InChI=1S/C12H21NO3S/c1-17(15,16)6-2-3-10(14)11-8-4-5-9(7-8)12(11)13/h8-9,11-12H,2-7,13H2,1H3. The quantitative estimate of drug-likeness (QED) is 0.790. The lowest BCUT2D eigenvalue weighted by atomic mass is 9.81. The van der Waals surface area contributed by atoms with Crippen LogP contribution in [0.4, 0.5) is 0 Å². The Balaban J connectivity index is 1.85. The Hall–Kier alpha value is -0.420. The molecule has 0 aromatic heterocycles. The van der Waals surface area contributed by atoms with Crippen molar-refractivity contribution in [2.24, 2.45) is 23.5 Å². The second-order valence-electron chi connectivity index (χ2n) is 5.64. The van der Waals surface area contributed by atoms with Gasteiger partial charge < -0.3 is 5.73 Å². The van der Waals surface area contributed by atoms with E-state index < -0.39 is 9.84 Å². The average Bonchev–Trinajstić information content (AvgIpc) is 2.75. The van der Waals surface area contributed by atoms with E-state index in [1.54, 1.807) is 0 Å². The third-order valence-corrected chi connectivity index (χ3v) is 5.32. The topological polar surface area (TPSA) is 77.2 Å². The zero-order valence-electron chi connectivity index (χ0n) is 10.3. The molecule has 0 aliphatic heterocycles. The van der Waals surface area contributed by atoms with Crippen LogP contribution in [0.5, 0.6) is 0 Å². The summed E-state index contributed by atoms with van der Waals surface area (Å²) in [5, 5.41) is 0. The summed E-state index contributed by atoms with van der Waals surface area (Å²) < 4.78 is 22.0. The molecule has 2 bridgehead atoms. The van der Waals surface area contributed by atoms with Gasteiger partial charge in [0.2, 0.25) is 0 Å².